The van der Waals surface area contributed by atoms with E-state index in [-0.39, 0.29) is 24.5 Å². The van der Waals surface area contributed by atoms with Crippen molar-refractivity contribution in [2.24, 2.45) is 0 Å². The van der Waals surface area contributed by atoms with Gasteiger partial charge in [-0.05, 0) is 29.8 Å². The number of anilines is 1. The van der Waals surface area contributed by atoms with Crippen LogP contribution in [-0.4, -0.2) is 26.5 Å². The van der Waals surface area contributed by atoms with Crippen molar-refractivity contribution in [1.82, 2.24) is 14.8 Å². The summed E-state index contributed by atoms with van der Waals surface area (Å²) in [4.78, 5) is 28.5. The fourth-order valence-electron chi connectivity index (χ4n) is 2.21. The van der Waals surface area contributed by atoms with Gasteiger partial charge in [0.15, 0.2) is 11.6 Å². The zero-order valence-electron chi connectivity index (χ0n) is 13.2. The number of nitrogens with zero attached hydrogens (tertiary/aromatic N) is 3. The molecule has 0 saturated carbocycles. The van der Waals surface area contributed by atoms with Gasteiger partial charge in [0.05, 0.1) is 15.8 Å². The van der Waals surface area contributed by atoms with Crippen molar-refractivity contribution >= 4 is 40.4 Å². The number of rotatable bonds is 7. The van der Waals surface area contributed by atoms with Crippen LogP contribution in [0.5, 0.6) is 0 Å². The molecule has 6 nitrogen and oxygen atoms in total. The molecule has 1 amide bonds. The molecule has 1 N–H and O–H groups in total. The summed E-state index contributed by atoms with van der Waals surface area (Å²) in [7, 11) is 0. The third-order valence-electron chi connectivity index (χ3n) is 3.43. The van der Waals surface area contributed by atoms with Gasteiger partial charge in [-0.25, -0.2) is 0 Å². The predicted octanol–water partition coefficient (Wildman–Crippen LogP) is 3.64. The molecule has 3 aromatic rings. The van der Waals surface area contributed by atoms with Crippen LogP contribution in [0.25, 0.3) is 0 Å². The molecule has 0 aliphatic rings. The molecule has 0 spiro atoms. The van der Waals surface area contributed by atoms with Crippen LogP contribution in [0.1, 0.15) is 28.1 Å². The van der Waals surface area contributed by atoms with E-state index in [1.165, 1.54) is 11.3 Å². The Hall–Kier alpha value is -2.51. The van der Waals surface area contributed by atoms with Gasteiger partial charge in [-0.15, -0.1) is 11.3 Å². The van der Waals surface area contributed by atoms with Crippen molar-refractivity contribution in [3.63, 3.8) is 0 Å². The molecule has 0 radical (unpaired) electrons. The lowest BCUT2D eigenvalue weighted by Crippen LogP contribution is -2.14. The van der Waals surface area contributed by atoms with Crippen LogP contribution in [0.15, 0.2) is 48.9 Å². The van der Waals surface area contributed by atoms with Crippen LogP contribution >= 0.6 is 22.9 Å². The first-order valence-electron chi connectivity index (χ1n) is 7.61. The lowest BCUT2D eigenvalue weighted by Gasteiger charge is -2.02. The van der Waals surface area contributed by atoms with Crippen molar-refractivity contribution < 1.29 is 9.59 Å². The van der Waals surface area contributed by atoms with Crippen molar-refractivity contribution in [2.75, 3.05) is 5.32 Å². The third kappa shape index (κ3) is 4.98. The van der Waals surface area contributed by atoms with Crippen LogP contribution in [0.4, 0.5) is 5.82 Å². The highest BCUT2D eigenvalue weighted by Gasteiger charge is 2.12. The van der Waals surface area contributed by atoms with Gasteiger partial charge in [0.1, 0.15) is 0 Å². The number of hydrogen-bond acceptors (Lipinski definition) is 5. The molecule has 0 atom stereocenters. The van der Waals surface area contributed by atoms with E-state index in [1.54, 1.807) is 41.5 Å². The second-order valence-corrected chi connectivity index (χ2v) is 7.04. The number of carbonyl (C=O) groups is 2. The number of hydrogen-bond donors (Lipinski definition) is 1. The summed E-state index contributed by atoms with van der Waals surface area (Å²) in [6.07, 6.45) is 5.47. The maximum Gasteiger partial charge on any atom is 0.226 e. The maximum atomic E-state index is 12.0. The van der Waals surface area contributed by atoms with Crippen LogP contribution < -0.4 is 5.32 Å². The number of Topliss-reactive ketones (excluding diaryl/α,β-unsaturated/α-hetero) is 1. The normalized spacial score (nSPS) is 10.6. The van der Waals surface area contributed by atoms with Gasteiger partial charge in [-0.3, -0.25) is 19.3 Å². The molecule has 0 aliphatic carbocycles. The summed E-state index contributed by atoms with van der Waals surface area (Å²) < 4.78 is 2.29. The molecule has 3 heterocycles. The zero-order chi connectivity index (χ0) is 17.6. The summed E-state index contributed by atoms with van der Waals surface area (Å²) in [5.41, 5.74) is 1.07. The van der Waals surface area contributed by atoms with E-state index in [0.717, 1.165) is 5.56 Å². The molecular formula is C17H15ClN4O2S. The molecule has 0 unspecified atom stereocenters. The molecule has 3 aromatic heterocycles. The highest BCUT2D eigenvalue weighted by Crippen LogP contribution is 2.23. The lowest BCUT2D eigenvalue weighted by molar-refractivity contribution is -0.116. The van der Waals surface area contributed by atoms with Crippen LogP contribution in [0.3, 0.4) is 0 Å². The highest BCUT2D eigenvalue weighted by molar-refractivity contribution is 7.18. The Balaban J connectivity index is 1.49. The molecule has 3 rings (SSSR count). The SMILES string of the molecule is O=C(CCC(=O)c1ccc(Cl)s1)Nc1ccn(Cc2ccncc2)n1. The predicted molar refractivity (Wildman–Crippen MR) is 97.1 cm³/mol. The van der Waals surface area contributed by atoms with Crippen LogP contribution in [-0.2, 0) is 11.3 Å². The smallest absolute Gasteiger partial charge is 0.226 e. The fraction of sp³-hybridized carbons (Fsp3) is 0.176. The Morgan fingerprint density at radius 2 is 1.92 bits per heavy atom. The van der Waals surface area contributed by atoms with Gasteiger partial charge in [0.25, 0.3) is 0 Å². The Labute approximate surface area is 153 Å². The topological polar surface area (TPSA) is 76.9 Å². The van der Waals surface area contributed by atoms with Gasteiger partial charge < -0.3 is 5.32 Å². The van der Waals surface area contributed by atoms with Gasteiger partial charge in [0, 0.05) is 37.5 Å². The quantitative estimate of drug-likeness (QED) is 0.640. The molecule has 128 valence electrons. The number of carbonyl (C=O) groups excluding carboxylic acids is 2. The average molecular weight is 375 g/mol. The van der Waals surface area contributed by atoms with E-state index >= 15 is 0 Å². The van der Waals surface area contributed by atoms with Gasteiger partial charge in [0.2, 0.25) is 5.91 Å². The maximum absolute atomic E-state index is 12.0. The lowest BCUT2D eigenvalue weighted by atomic mass is 10.2. The first-order chi connectivity index (χ1) is 12.1. The molecule has 0 aliphatic heterocycles. The van der Waals surface area contributed by atoms with Crippen molar-refractivity contribution in [2.45, 2.75) is 19.4 Å². The van der Waals surface area contributed by atoms with Gasteiger partial charge in [-0.2, -0.15) is 5.10 Å². The number of thiophene rings is 1. The van der Waals surface area contributed by atoms with Crippen molar-refractivity contribution in [3.8, 4) is 0 Å². The average Bonchev–Trinajstić information content (AvgIpc) is 3.23. The first kappa shape index (κ1) is 17.3. The molecule has 0 fully saturated rings. The highest BCUT2D eigenvalue weighted by atomic mass is 35.5. The van der Waals surface area contributed by atoms with Crippen LogP contribution in [0, 0.1) is 0 Å². The van der Waals surface area contributed by atoms with Gasteiger partial charge >= 0.3 is 0 Å². The van der Waals surface area contributed by atoms with E-state index in [1.807, 2.05) is 12.1 Å². The largest absolute Gasteiger partial charge is 0.309 e. The molecule has 0 saturated heterocycles. The molecular weight excluding hydrogens is 360 g/mol. The molecule has 25 heavy (non-hydrogen) atoms. The number of ketones is 1. The zero-order valence-corrected chi connectivity index (χ0v) is 14.8. The van der Waals surface area contributed by atoms with E-state index in [9.17, 15) is 9.59 Å². The molecule has 0 bridgehead atoms. The third-order valence-corrected chi connectivity index (χ3v) is 4.70. The van der Waals surface area contributed by atoms with Crippen LogP contribution in [0.2, 0.25) is 4.34 Å². The van der Waals surface area contributed by atoms with Gasteiger partial charge in [-0.1, -0.05) is 11.6 Å². The number of amides is 1. The minimum Gasteiger partial charge on any atom is -0.309 e. The van der Waals surface area contributed by atoms with Crippen molar-refractivity contribution in [1.29, 1.82) is 0 Å². The summed E-state index contributed by atoms with van der Waals surface area (Å²) in [5.74, 6) is 0.131. The number of halogens is 1. The summed E-state index contributed by atoms with van der Waals surface area (Å²) in [5, 5.41) is 7.00. The number of nitrogens with one attached hydrogen (secondary N) is 1. The molecule has 8 heteroatoms. The monoisotopic (exact) mass is 374 g/mol. The number of pyridine rings is 1. The van der Waals surface area contributed by atoms with E-state index in [2.05, 4.69) is 15.4 Å². The first-order valence-corrected chi connectivity index (χ1v) is 8.80. The Morgan fingerprint density at radius 1 is 1.12 bits per heavy atom. The van der Waals surface area contributed by atoms with E-state index in [0.29, 0.717) is 21.6 Å². The minimum atomic E-state index is -0.245. The van der Waals surface area contributed by atoms with Crippen molar-refractivity contribution in [3.05, 3.63) is 63.7 Å². The fourth-order valence-corrected chi connectivity index (χ4v) is 3.22. The Kier molecular flexibility index (Phi) is 5.57. The Morgan fingerprint density at radius 3 is 2.64 bits per heavy atom. The van der Waals surface area contributed by atoms with E-state index < -0.39 is 0 Å². The Bertz CT molecular complexity index is 876. The van der Waals surface area contributed by atoms with E-state index in [4.69, 9.17) is 11.6 Å². The second kappa shape index (κ2) is 8.04. The summed E-state index contributed by atoms with van der Waals surface area (Å²) >= 11 is 7.03. The standard InChI is InChI=1S/C17H15ClN4O2S/c18-15-3-2-14(25-15)13(23)1-4-17(24)20-16-7-10-22(21-16)11-12-5-8-19-9-6-12/h2-3,5-10H,1,4,11H2,(H,20,21,24). The second-order valence-electron chi connectivity index (χ2n) is 5.33. The number of aromatic nitrogens is 3. The minimum absolute atomic E-state index is 0.0877. The summed E-state index contributed by atoms with van der Waals surface area (Å²) in [6.45, 7) is 0.593. The molecule has 0 aromatic carbocycles. The summed E-state index contributed by atoms with van der Waals surface area (Å²) in [6, 6.07) is 8.88.